The zero-order valence-electron chi connectivity index (χ0n) is 9.61. The van der Waals surface area contributed by atoms with Crippen molar-refractivity contribution in [3.63, 3.8) is 0 Å². The van der Waals surface area contributed by atoms with Gasteiger partial charge in [0.25, 0.3) is 0 Å². The number of hydrogen-bond acceptors (Lipinski definition) is 2. The first kappa shape index (κ1) is 11.9. The number of nitrogens with one attached hydrogen (secondary N) is 1. The first-order valence-electron chi connectivity index (χ1n) is 5.52. The Labute approximate surface area is 92.4 Å². The van der Waals surface area contributed by atoms with Gasteiger partial charge in [0.05, 0.1) is 5.69 Å². The van der Waals surface area contributed by atoms with Crippen molar-refractivity contribution in [3.05, 3.63) is 42.7 Å². The van der Waals surface area contributed by atoms with Gasteiger partial charge in [-0.2, -0.15) is 0 Å². The number of rotatable bonds is 6. The lowest BCUT2D eigenvalue weighted by Gasteiger charge is -2.19. The Hall–Kier alpha value is -1.15. The van der Waals surface area contributed by atoms with Crippen LogP contribution in [0.2, 0.25) is 0 Å². The van der Waals surface area contributed by atoms with Crippen molar-refractivity contribution in [2.24, 2.45) is 0 Å². The molecule has 1 heterocycles. The second-order valence-corrected chi connectivity index (χ2v) is 3.91. The van der Waals surface area contributed by atoms with Gasteiger partial charge < -0.3 is 5.32 Å². The number of nitrogens with zero attached hydrogens (tertiary/aromatic N) is 1. The molecule has 0 spiro atoms. The van der Waals surface area contributed by atoms with Crippen molar-refractivity contribution >= 4 is 0 Å². The van der Waals surface area contributed by atoms with E-state index in [2.05, 4.69) is 36.8 Å². The molecule has 2 nitrogen and oxygen atoms in total. The van der Waals surface area contributed by atoms with Crippen molar-refractivity contribution in [2.45, 2.75) is 38.8 Å². The molecule has 1 aromatic rings. The molecule has 1 aromatic heterocycles. The lowest BCUT2D eigenvalue weighted by Crippen LogP contribution is -2.29. The molecular weight excluding hydrogens is 184 g/mol. The molecule has 0 aromatic carbocycles. The lowest BCUT2D eigenvalue weighted by atomic mass is 10.1. The minimum absolute atomic E-state index is 0.311. The smallest absolute Gasteiger partial charge is 0.0570 e. The summed E-state index contributed by atoms with van der Waals surface area (Å²) < 4.78 is 0. The maximum absolute atomic E-state index is 4.33. The van der Waals surface area contributed by atoms with Crippen LogP contribution in [0.25, 0.3) is 0 Å². The fraction of sp³-hybridized carbons (Fsp3) is 0.462. The van der Waals surface area contributed by atoms with Crippen LogP contribution in [0.3, 0.4) is 0 Å². The summed E-state index contributed by atoms with van der Waals surface area (Å²) in [7, 11) is 0. The minimum atomic E-state index is 0.311. The summed E-state index contributed by atoms with van der Waals surface area (Å²) in [4.78, 5) is 4.33. The van der Waals surface area contributed by atoms with E-state index in [1.54, 1.807) is 0 Å². The van der Waals surface area contributed by atoms with Gasteiger partial charge in [-0.1, -0.05) is 12.1 Å². The summed E-state index contributed by atoms with van der Waals surface area (Å²) in [6, 6.07) is 6.83. The maximum atomic E-state index is 4.33. The van der Waals surface area contributed by atoms with E-state index in [9.17, 15) is 0 Å². The van der Waals surface area contributed by atoms with Crippen LogP contribution in [-0.4, -0.2) is 11.0 Å². The molecule has 0 aliphatic heterocycles. The van der Waals surface area contributed by atoms with Gasteiger partial charge in [-0.15, -0.1) is 6.58 Å². The summed E-state index contributed by atoms with van der Waals surface area (Å²) in [6.07, 6.45) is 5.98. The first-order chi connectivity index (χ1) is 7.24. The highest BCUT2D eigenvalue weighted by molar-refractivity contribution is 5.07. The Morgan fingerprint density at radius 1 is 1.47 bits per heavy atom. The van der Waals surface area contributed by atoms with Crippen molar-refractivity contribution in [3.8, 4) is 0 Å². The molecule has 0 bridgehead atoms. The molecule has 0 saturated heterocycles. The molecule has 15 heavy (non-hydrogen) atoms. The molecule has 2 heteroatoms. The number of hydrogen-bond donors (Lipinski definition) is 1. The quantitative estimate of drug-likeness (QED) is 0.720. The van der Waals surface area contributed by atoms with Crippen LogP contribution in [0.4, 0.5) is 0 Å². The van der Waals surface area contributed by atoms with Gasteiger partial charge in [0.15, 0.2) is 0 Å². The second-order valence-electron chi connectivity index (χ2n) is 3.91. The van der Waals surface area contributed by atoms with Crippen LogP contribution in [0.5, 0.6) is 0 Å². The third kappa shape index (κ3) is 4.26. The maximum Gasteiger partial charge on any atom is 0.0570 e. The van der Waals surface area contributed by atoms with E-state index in [0.29, 0.717) is 12.1 Å². The molecule has 0 radical (unpaired) electrons. The average molecular weight is 204 g/mol. The predicted octanol–water partition coefficient (Wildman–Crippen LogP) is 3.09. The predicted molar refractivity (Wildman–Crippen MR) is 64.7 cm³/mol. The number of pyridine rings is 1. The Bertz CT molecular complexity index is 282. The average Bonchev–Trinajstić information content (AvgIpc) is 2.27. The Morgan fingerprint density at radius 2 is 2.27 bits per heavy atom. The molecule has 82 valence electrons. The number of aromatic nitrogens is 1. The van der Waals surface area contributed by atoms with Gasteiger partial charge in [0.2, 0.25) is 0 Å². The summed E-state index contributed by atoms with van der Waals surface area (Å²) in [5.41, 5.74) is 1.10. The molecule has 0 fully saturated rings. The lowest BCUT2D eigenvalue weighted by molar-refractivity contribution is 0.453. The largest absolute Gasteiger partial charge is 0.306 e. The fourth-order valence-corrected chi connectivity index (χ4v) is 1.60. The Kier molecular flexibility index (Phi) is 5.05. The van der Waals surface area contributed by atoms with E-state index < -0.39 is 0 Å². The Balaban J connectivity index is 2.41. The van der Waals surface area contributed by atoms with Crippen molar-refractivity contribution in [1.82, 2.24) is 10.3 Å². The normalized spacial score (nSPS) is 14.5. The van der Waals surface area contributed by atoms with Gasteiger partial charge in [-0.25, -0.2) is 0 Å². The third-order valence-corrected chi connectivity index (χ3v) is 2.47. The van der Waals surface area contributed by atoms with Gasteiger partial charge in [0, 0.05) is 18.3 Å². The fourth-order valence-electron chi connectivity index (χ4n) is 1.60. The highest BCUT2D eigenvalue weighted by atomic mass is 15.0. The van der Waals surface area contributed by atoms with Gasteiger partial charge in [0.1, 0.15) is 0 Å². The second kappa shape index (κ2) is 6.36. The SMILES string of the molecule is C=CCC[C@H](C)N[C@H](C)c1ccccn1. The van der Waals surface area contributed by atoms with E-state index in [1.165, 1.54) is 0 Å². The molecule has 0 amide bonds. The molecule has 0 aliphatic rings. The monoisotopic (exact) mass is 204 g/mol. The van der Waals surface area contributed by atoms with Crippen LogP contribution >= 0.6 is 0 Å². The van der Waals surface area contributed by atoms with Crippen LogP contribution in [-0.2, 0) is 0 Å². The van der Waals surface area contributed by atoms with E-state index in [-0.39, 0.29) is 0 Å². The third-order valence-electron chi connectivity index (χ3n) is 2.47. The molecule has 1 N–H and O–H groups in total. The topological polar surface area (TPSA) is 24.9 Å². The van der Waals surface area contributed by atoms with E-state index in [4.69, 9.17) is 0 Å². The zero-order valence-corrected chi connectivity index (χ0v) is 9.61. The first-order valence-corrected chi connectivity index (χ1v) is 5.52. The summed E-state index contributed by atoms with van der Waals surface area (Å²) in [5, 5.41) is 3.52. The van der Waals surface area contributed by atoms with Crippen LogP contribution in [0, 0.1) is 0 Å². The molecule has 0 aliphatic carbocycles. The Morgan fingerprint density at radius 3 is 2.87 bits per heavy atom. The van der Waals surface area contributed by atoms with E-state index in [0.717, 1.165) is 18.5 Å². The minimum Gasteiger partial charge on any atom is -0.306 e. The molecule has 1 rings (SSSR count). The van der Waals surface area contributed by atoms with Gasteiger partial charge in [-0.05, 0) is 38.8 Å². The summed E-state index contributed by atoms with van der Waals surface area (Å²) in [6.45, 7) is 8.07. The van der Waals surface area contributed by atoms with Crippen molar-refractivity contribution < 1.29 is 0 Å². The molecule has 0 unspecified atom stereocenters. The molecule has 2 atom stereocenters. The van der Waals surface area contributed by atoms with Crippen LogP contribution < -0.4 is 5.32 Å². The number of allylic oxidation sites excluding steroid dienone is 1. The molecular formula is C13H20N2. The van der Waals surface area contributed by atoms with E-state index >= 15 is 0 Å². The van der Waals surface area contributed by atoms with E-state index in [1.807, 2.05) is 24.4 Å². The van der Waals surface area contributed by atoms with Gasteiger partial charge in [-0.3, -0.25) is 4.98 Å². The zero-order chi connectivity index (χ0) is 11.1. The highest BCUT2D eigenvalue weighted by Gasteiger charge is 2.08. The van der Waals surface area contributed by atoms with Crippen molar-refractivity contribution in [2.75, 3.05) is 0 Å². The van der Waals surface area contributed by atoms with Crippen molar-refractivity contribution in [1.29, 1.82) is 0 Å². The molecule has 0 saturated carbocycles. The standard InChI is InChI=1S/C13H20N2/c1-4-5-8-11(2)15-12(3)13-9-6-7-10-14-13/h4,6-7,9-12,15H,1,5,8H2,2-3H3/t11-,12+/m0/s1. The van der Waals surface area contributed by atoms with Gasteiger partial charge >= 0.3 is 0 Å². The van der Waals surface area contributed by atoms with Crippen LogP contribution in [0.15, 0.2) is 37.1 Å². The summed E-state index contributed by atoms with van der Waals surface area (Å²) in [5.74, 6) is 0. The van der Waals surface area contributed by atoms with Crippen LogP contribution in [0.1, 0.15) is 38.4 Å². The highest BCUT2D eigenvalue weighted by Crippen LogP contribution is 2.10. The summed E-state index contributed by atoms with van der Waals surface area (Å²) >= 11 is 0.